The van der Waals surface area contributed by atoms with Crippen LogP contribution in [0.25, 0.3) is 10.1 Å². The number of rotatable bonds is 3. The number of thiophene rings is 1. The molecule has 2 aromatic rings. The monoisotopic (exact) mass is 328 g/mol. The van der Waals surface area contributed by atoms with Crippen molar-refractivity contribution in [1.29, 1.82) is 0 Å². The number of methoxy groups -OCH3 is 1. The first-order valence-electron chi connectivity index (χ1n) is 5.49. The number of carbonyl (C=O) groups is 1. The molecular weight excluding hydrogens is 316 g/mol. The van der Waals surface area contributed by atoms with Crippen molar-refractivity contribution in [3.63, 3.8) is 0 Å². The Morgan fingerprint density at radius 2 is 2.06 bits per heavy atom. The fraction of sp³-hybridized carbons (Fsp3) is 0.308. The minimum absolute atomic E-state index is 0.120. The lowest BCUT2D eigenvalue weighted by atomic mass is 10.2. The summed E-state index contributed by atoms with van der Waals surface area (Å²) in [5.74, 6) is 0.483. The van der Waals surface area contributed by atoms with E-state index in [-0.39, 0.29) is 12.1 Å². The average Bonchev–Trinajstić information content (AvgIpc) is 2.71. The normalized spacial score (nSPS) is 10.9. The van der Waals surface area contributed by atoms with E-state index in [9.17, 15) is 4.79 Å². The number of fused-ring (bicyclic) bond motifs is 1. The number of carbonyl (C=O) groups excluding carboxylic acids is 1. The molecule has 0 spiro atoms. The highest BCUT2D eigenvalue weighted by Crippen LogP contribution is 2.35. The summed E-state index contributed by atoms with van der Waals surface area (Å²) in [5.41, 5.74) is 0. The summed E-state index contributed by atoms with van der Waals surface area (Å²) in [6.45, 7) is 3.96. The standard InChI is InChI=1S/C13H13BrO3S/c1-7(2)17-8-4-10(14)9-6-12(13(15)16-3)18-11(9)5-8/h4-7H,1-3H3. The van der Waals surface area contributed by atoms with Crippen LogP contribution < -0.4 is 4.74 Å². The third-order valence-electron chi connectivity index (χ3n) is 2.32. The van der Waals surface area contributed by atoms with Crippen LogP contribution in [0, 0.1) is 0 Å². The first-order chi connectivity index (χ1) is 8.51. The molecule has 0 aliphatic carbocycles. The van der Waals surface area contributed by atoms with Crippen molar-refractivity contribution in [1.82, 2.24) is 0 Å². The lowest BCUT2D eigenvalue weighted by molar-refractivity contribution is 0.0606. The van der Waals surface area contributed by atoms with Crippen LogP contribution in [0.15, 0.2) is 22.7 Å². The fourth-order valence-corrected chi connectivity index (χ4v) is 3.33. The molecule has 96 valence electrons. The van der Waals surface area contributed by atoms with Gasteiger partial charge in [-0.1, -0.05) is 0 Å². The van der Waals surface area contributed by atoms with E-state index in [1.54, 1.807) is 0 Å². The van der Waals surface area contributed by atoms with E-state index < -0.39 is 0 Å². The highest BCUT2D eigenvalue weighted by molar-refractivity contribution is 9.10. The number of hydrogen-bond acceptors (Lipinski definition) is 4. The van der Waals surface area contributed by atoms with Gasteiger partial charge in [0.15, 0.2) is 0 Å². The third-order valence-corrected chi connectivity index (χ3v) is 4.04. The minimum atomic E-state index is -0.311. The predicted octanol–water partition coefficient (Wildman–Crippen LogP) is 4.24. The highest BCUT2D eigenvalue weighted by atomic mass is 79.9. The van der Waals surface area contributed by atoms with E-state index in [1.165, 1.54) is 18.4 Å². The quantitative estimate of drug-likeness (QED) is 0.790. The maximum Gasteiger partial charge on any atom is 0.348 e. The molecule has 0 fully saturated rings. The van der Waals surface area contributed by atoms with Gasteiger partial charge < -0.3 is 9.47 Å². The zero-order valence-corrected chi connectivity index (χ0v) is 12.7. The van der Waals surface area contributed by atoms with E-state index in [2.05, 4.69) is 15.9 Å². The van der Waals surface area contributed by atoms with Crippen molar-refractivity contribution in [3.05, 3.63) is 27.5 Å². The maximum atomic E-state index is 11.5. The van der Waals surface area contributed by atoms with E-state index in [0.29, 0.717) is 4.88 Å². The van der Waals surface area contributed by atoms with Crippen LogP contribution in [0.2, 0.25) is 0 Å². The van der Waals surface area contributed by atoms with Gasteiger partial charge in [-0.15, -0.1) is 11.3 Å². The molecule has 0 saturated carbocycles. The van der Waals surface area contributed by atoms with Gasteiger partial charge in [-0.2, -0.15) is 0 Å². The number of ether oxygens (including phenoxy) is 2. The fourth-order valence-electron chi connectivity index (χ4n) is 1.61. The summed E-state index contributed by atoms with van der Waals surface area (Å²) in [5, 5.41) is 0.997. The van der Waals surface area contributed by atoms with Gasteiger partial charge in [0.1, 0.15) is 10.6 Å². The Morgan fingerprint density at radius 3 is 2.67 bits per heavy atom. The van der Waals surface area contributed by atoms with Gasteiger partial charge >= 0.3 is 5.97 Å². The van der Waals surface area contributed by atoms with Crippen molar-refractivity contribution in [2.75, 3.05) is 7.11 Å². The second kappa shape index (κ2) is 5.28. The molecule has 0 unspecified atom stereocenters. The van der Waals surface area contributed by atoms with Crippen LogP contribution in [-0.2, 0) is 4.74 Å². The Hall–Kier alpha value is -1.07. The van der Waals surface area contributed by atoms with Crippen molar-refractivity contribution in [3.8, 4) is 5.75 Å². The van der Waals surface area contributed by atoms with Gasteiger partial charge in [0, 0.05) is 14.6 Å². The smallest absolute Gasteiger partial charge is 0.348 e. The van der Waals surface area contributed by atoms with E-state index in [4.69, 9.17) is 9.47 Å². The van der Waals surface area contributed by atoms with Crippen LogP contribution in [0.1, 0.15) is 23.5 Å². The van der Waals surface area contributed by atoms with Crippen LogP contribution in [0.5, 0.6) is 5.75 Å². The van der Waals surface area contributed by atoms with Crippen molar-refractivity contribution in [2.45, 2.75) is 20.0 Å². The Balaban J connectivity index is 2.48. The van der Waals surface area contributed by atoms with E-state index in [1.807, 2.05) is 32.0 Å². The molecule has 1 aromatic heterocycles. The number of hydrogen-bond donors (Lipinski definition) is 0. The second-order valence-electron chi connectivity index (χ2n) is 4.09. The maximum absolute atomic E-state index is 11.5. The topological polar surface area (TPSA) is 35.5 Å². The van der Waals surface area contributed by atoms with E-state index >= 15 is 0 Å². The number of esters is 1. The van der Waals surface area contributed by atoms with Gasteiger partial charge in [-0.25, -0.2) is 4.79 Å². The van der Waals surface area contributed by atoms with Gasteiger partial charge in [0.25, 0.3) is 0 Å². The van der Waals surface area contributed by atoms with Gasteiger partial charge in [-0.3, -0.25) is 0 Å². The largest absolute Gasteiger partial charge is 0.491 e. The molecule has 5 heteroatoms. The molecule has 0 saturated heterocycles. The van der Waals surface area contributed by atoms with Crippen LogP contribution in [-0.4, -0.2) is 19.2 Å². The number of halogens is 1. The summed E-state index contributed by atoms with van der Waals surface area (Å²) in [6.07, 6.45) is 0.120. The van der Waals surface area contributed by atoms with Crippen molar-refractivity contribution < 1.29 is 14.3 Å². The molecule has 0 atom stereocenters. The van der Waals surface area contributed by atoms with Crippen LogP contribution >= 0.6 is 27.3 Å². The van der Waals surface area contributed by atoms with Crippen molar-refractivity contribution in [2.24, 2.45) is 0 Å². The molecule has 1 aromatic carbocycles. The average molecular weight is 329 g/mol. The Bertz CT molecular complexity index is 589. The van der Waals surface area contributed by atoms with Crippen molar-refractivity contribution >= 4 is 43.3 Å². The minimum Gasteiger partial charge on any atom is -0.491 e. The second-order valence-corrected chi connectivity index (χ2v) is 6.02. The summed E-state index contributed by atoms with van der Waals surface area (Å²) in [6, 6.07) is 5.68. The lowest BCUT2D eigenvalue weighted by Crippen LogP contribution is -2.05. The molecule has 0 aliphatic rings. The molecule has 3 nitrogen and oxygen atoms in total. The molecule has 18 heavy (non-hydrogen) atoms. The molecule has 0 amide bonds. The highest BCUT2D eigenvalue weighted by Gasteiger charge is 2.13. The Kier molecular flexibility index (Phi) is 3.92. The van der Waals surface area contributed by atoms with Gasteiger partial charge in [0.2, 0.25) is 0 Å². The predicted molar refractivity (Wildman–Crippen MR) is 76.6 cm³/mol. The molecule has 0 bridgehead atoms. The van der Waals surface area contributed by atoms with E-state index in [0.717, 1.165) is 20.3 Å². The SMILES string of the molecule is COC(=O)c1cc2c(Br)cc(OC(C)C)cc2s1. The Morgan fingerprint density at radius 1 is 1.33 bits per heavy atom. The van der Waals surface area contributed by atoms with Crippen LogP contribution in [0.3, 0.4) is 0 Å². The zero-order valence-electron chi connectivity index (χ0n) is 10.3. The number of benzene rings is 1. The molecule has 2 rings (SSSR count). The van der Waals surface area contributed by atoms with Crippen LogP contribution in [0.4, 0.5) is 0 Å². The first-order valence-corrected chi connectivity index (χ1v) is 7.10. The lowest BCUT2D eigenvalue weighted by Gasteiger charge is -2.10. The summed E-state index contributed by atoms with van der Waals surface area (Å²) in [4.78, 5) is 12.1. The van der Waals surface area contributed by atoms with Gasteiger partial charge in [-0.05, 0) is 48.0 Å². The molecule has 0 aliphatic heterocycles. The summed E-state index contributed by atoms with van der Waals surface area (Å²) >= 11 is 4.90. The molecule has 0 radical (unpaired) electrons. The molecule has 1 heterocycles. The van der Waals surface area contributed by atoms with Gasteiger partial charge in [0.05, 0.1) is 13.2 Å². The molecular formula is C13H13BrO3S. The zero-order chi connectivity index (χ0) is 13.3. The summed E-state index contributed by atoms with van der Waals surface area (Å²) < 4.78 is 12.3. The summed E-state index contributed by atoms with van der Waals surface area (Å²) in [7, 11) is 1.38. The Labute approximate surface area is 118 Å². The third kappa shape index (κ3) is 2.67. The molecule has 0 N–H and O–H groups in total. The first kappa shape index (κ1) is 13.4.